The van der Waals surface area contributed by atoms with Crippen molar-refractivity contribution in [2.24, 2.45) is 5.92 Å². The number of halogens is 5. The molecule has 0 aromatic heterocycles. The molecule has 0 heterocycles. The third-order valence-corrected chi connectivity index (χ3v) is 5.40. The molecule has 2 aliphatic carbocycles. The molecular weight excluding hydrogens is 377 g/mol. The summed E-state index contributed by atoms with van der Waals surface area (Å²) in [6.45, 7) is 0.0752. The maximum Gasteiger partial charge on any atom is 0.416 e. The molecule has 28 heavy (non-hydrogen) atoms. The van der Waals surface area contributed by atoms with Gasteiger partial charge in [0.25, 0.3) is 0 Å². The van der Waals surface area contributed by atoms with E-state index in [4.69, 9.17) is 0 Å². The van der Waals surface area contributed by atoms with E-state index in [0.717, 1.165) is 37.1 Å². The van der Waals surface area contributed by atoms with Crippen molar-refractivity contribution >= 4 is 5.91 Å². The van der Waals surface area contributed by atoms with Gasteiger partial charge in [-0.15, -0.1) is 0 Å². The molecule has 2 aromatic rings. The van der Waals surface area contributed by atoms with E-state index in [1.807, 2.05) is 0 Å². The first-order valence-electron chi connectivity index (χ1n) is 9.15. The Labute approximate surface area is 159 Å². The number of nitrogens with zero attached hydrogens (tertiary/aromatic N) is 1. The first-order valence-corrected chi connectivity index (χ1v) is 9.15. The summed E-state index contributed by atoms with van der Waals surface area (Å²) in [5.41, 5.74) is 0.245. The zero-order valence-corrected chi connectivity index (χ0v) is 14.8. The highest BCUT2D eigenvalue weighted by atomic mass is 19.4. The third kappa shape index (κ3) is 3.88. The van der Waals surface area contributed by atoms with Gasteiger partial charge in [0.2, 0.25) is 5.91 Å². The Morgan fingerprint density at radius 3 is 2.29 bits per heavy atom. The van der Waals surface area contributed by atoms with E-state index in [-0.39, 0.29) is 35.9 Å². The van der Waals surface area contributed by atoms with Gasteiger partial charge >= 0.3 is 6.18 Å². The fourth-order valence-electron chi connectivity index (χ4n) is 3.58. The van der Waals surface area contributed by atoms with Crippen LogP contribution in [0.1, 0.15) is 41.9 Å². The minimum atomic E-state index is -4.39. The maximum atomic E-state index is 14.0. The zero-order valence-electron chi connectivity index (χ0n) is 14.8. The van der Waals surface area contributed by atoms with Crippen LogP contribution in [-0.2, 0) is 17.5 Å². The van der Waals surface area contributed by atoms with E-state index in [2.05, 4.69) is 0 Å². The number of amides is 1. The number of hydrogen-bond donors (Lipinski definition) is 0. The van der Waals surface area contributed by atoms with Crippen LogP contribution in [0.15, 0.2) is 42.5 Å². The lowest BCUT2D eigenvalue weighted by atomic mass is 10.1. The van der Waals surface area contributed by atoms with Crippen molar-refractivity contribution in [3.63, 3.8) is 0 Å². The van der Waals surface area contributed by atoms with Gasteiger partial charge in [0.15, 0.2) is 0 Å². The van der Waals surface area contributed by atoms with E-state index in [1.165, 1.54) is 18.2 Å². The summed E-state index contributed by atoms with van der Waals surface area (Å²) < 4.78 is 65.2. The molecule has 0 saturated heterocycles. The van der Waals surface area contributed by atoms with E-state index >= 15 is 0 Å². The molecule has 2 saturated carbocycles. The highest BCUT2D eigenvalue weighted by Gasteiger charge is 2.48. The van der Waals surface area contributed by atoms with Crippen LogP contribution in [0, 0.1) is 17.6 Å². The molecule has 0 radical (unpaired) electrons. The van der Waals surface area contributed by atoms with Gasteiger partial charge in [0.1, 0.15) is 11.6 Å². The summed E-state index contributed by atoms with van der Waals surface area (Å²) in [5.74, 6) is -1.89. The maximum absolute atomic E-state index is 14.0. The smallest absolute Gasteiger partial charge is 0.335 e. The Kier molecular flexibility index (Phi) is 4.63. The van der Waals surface area contributed by atoms with Crippen molar-refractivity contribution < 1.29 is 26.7 Å². The summed E-state index contributed by atoms with van der Waals surface area (Å²) in [7, 11) is 0. The highest BCUT2D eigenvalue weighted by Crippen LogP contribution is 2.50. The van der Waals surface area contributed by atoms with Crippen LogP contribution in [-0.4, -0.2) is 16.8 Å². The molecule has 2 aromatic carbocycles. The lowest BCUT2D eigenvalue weighted by molar-refractivity contribution is -0.137. The Morgan fingerprint density at radius 2 is 1.71 bits per heavy atom. The summed E-state index contributed by atoms with van der Waals surface area (Å²) >= 11 is 0. The highest BCUT2D eigenvalue weighted by molar-refractivity contribution is 5.83. The predicted molar refractivity (Wildman–Crippen MR) is 92.2 cm³/mol. The summed E-state index contributed by atoms with van der Waals surface area (Å²) in [5, 5.41) is 0. The van der Waals surface area contributed by atoms with Crippen LogP contribution < -0.4 is 0 Å². The predicted octanol–water partition coefficient (Wildman–Crippen LogP) is 5.28. The van der Waals surface area contributed by atoms with Crippen LogP contribution >= 0.6 is 0 Å². The second-order valence-corrected chi connectivity index (χ2v) is 7.50. The molecular formula is C21H18F5NO. The van der Waals surface area contributed by atoms with E-state index < -0.39 is 23.4 Å². The SMILES string of the molecule is O=C(C1CC1c1ccc(C(F)(F)F)cc1)N(Cc1ccc(F)cc1F)C1CC1. The normalized spacial score (nSPS) is 21.5. The van der Waals surface area contributed by atoms with Gasteiger partial charge < -0.3 is 4.90 Å². The quantitative estimate of drug-likeness (QED) is 0.631. The Balaban J connectivity index is 1.46. The number of alkyl halides is 3. The number of carbonyl (C=O) groups excluding carboxylic acids is 1. The molecule has 1 amide bonds. The Morgan fingerprint density at radius 1 is 1.04 bits per heavy atom. The van der Waals surface area contributed by atoms with Crippen LogP contribution in [0.4, 0.5) is 22.0 Å². The van der Waals surface area contributed by atoms with Crippen LogP contribution in [0.25, 0.3) is 0 Å². The van der Waals surface area contributed by atoms with Crippen molar-refractivity contribution in [3.05, 3.63) is 70.8 Å². The number of carbonyl (C=O) groups is 1. The van der Waals surface area contributed by atoms with Gasteiger partial charge in [0.05, 0.1) is 5.56 Å². The molecule has 0 N–H and O–H groups in total. The minimum Gasteiger partial charge on any atom is -0.335 e. The van der Waals surface area contributed by atoms with Crippen molar-refractivity contribution in [2.45, 2.75) is 43.9 Å². The topological polar surface area (TPSA) is 20.3 Å². The fourth-order valence-corrected chi connectivity index (χ4v) is 3.58. The molecule has 2 atom stereocenters. The molecule has 0 bridgehead atoms. The number of benzene rings is 2. The molecule has 2 fully saturated rings. The average Bonchev–Trinajstić information content (AvgIpc) is 3.53. The van der Waals surface area contributed by atoms with Gasteiger partial charge in [-0.1, -0.05) is 18.2 Å². The second-order valence-electron chi connectivity index (χ2n) is 7.50. The van der Waals surface area contributed by atoms with Crippen molar-refractivity contribution in [1.29, 1.82) is 0 Å². The van der Waals surface area contributed by atoms with Gasteiger partial charge in [-0.2, -0.15) is 13.2 Å². The summed E-state index contributed by atoms with van der Waals surface area (Å²) in [6, 6.07) is 8.25. The summed E-state index contributed by atoms with van der Waals surface area (Å²) in [6.07, 6.45) is -2.14. The lowest BCUT2D eigenvalue weighted by Crippen LogP contribution is -2.34. The molecule has 7 heteroatoms. The third-order valence-electron chi connectivity index (χ3n) is 5.40. The Bertz CT molecular complexity index is 889. The van der Waals surface area contributed by atoms with Crippen molar-refractivity contribution in [2.75, 3.05) is 0 Å². The Hall–Kier alpha value is -2.44. The summed E-state index contributed by atoms with van der Waals surface area (Å²) in [4.78, 5) is 14.6. The molecule has 148 valence electrons. The average molecular weight is 395 g/mol. The second kappa shape index (κ2) is 6.87. The molecule has 2 nitrogen and oxygen atoms in total. The first kappa shape index (κ1) is 18.9. The van der Waals surface area contributed by atoms with E-state index in [9.17, 15) is 26.7 Å². The molecule has 4 rings (SSSR count). The van der Waals surface area contributed by atoms with E-state index in [0.29, 0.717) is 12.0 Å². The molecule has 2 aliphatic rings. The van der Waals surface area contributed by atoms with E-state index in [1.54, 1.807) is 4.90 Å². The van der Waals surface area contributed by atoms with Crippen molar-refractivity contribution in [1.82, 2.24) is 4.90 Å². The van der Waals surface area contributed by atoms with Crippen molar-refractivity contribution in [3.8, 4) is 0 Å². The van der Waals surface area contributed by atoms with Gasteiger partial charge in [-0.05, 0) is 48.9 Å². The molecule has 2 unspecified atom stereocenters. The lowest BCUT2D eigenvalue weighted by Gasteiger charge is -2.23. The largest absolute Gasteiger partial charge is 0.416 e. The molecule has 0 aliphatic heterocycles. The standard InChI is InChI=1S/C21H18F5NO/c22-15-6-3-13(19(23)9-15)11-27(16-7-8-16)20(28)18-10-17(18)12-1-4-14(5-2-12)21(24,25)26/h1-6,9,16-18H,7-8,10-11H2. The fraction of sp³-hybridized carbons (Fsp3) is 0.381. The zero-order chi connectivity index (χ0) is 20.1. The van der Waals surface area contributed by atoms with Gasteiger partial charge in [0, 0.05) is 30.1 Å². The monoisotopic (exact) mass is 395 g/mol. The molecule has 0 spiro atoms. The number of hydrogen-bond acceptors (Lipinski definition) is 1. The van der Waals surface area contributed by atoms with Crippen LogP contribution in [0.2, 0.25) is 0 Å². The van der Waals surface area contributed by atoms with Gasteiger partial charge in [-0.25, -0.2) is 8.78 Å². The first-order chi connectivity index (χ1) is 13.2. The minimum absolute atomic E-state index is 0.0470. The van der Waals surface area contributed by atoms with Gasteiger partial charge in [-0.3, -0.25) is 4.79 Å². The van der Waals surface area contributed by atoms with Crippen LogP contribution in [0.3, 0.4) is 0 Å². The van der Waals surface area contributed by atoms with Crippen LogP contribution in [0.5, 0.6) is 0 Å². The number of rotatable bonds is 5.